The molecule has 0 aliphatic heterocycles. The average Bonchev–Trinajstić information content (AvgIpc) is 2.76. The summed E-state index contributed by atoms with van der Waals surface area (Å²) < 4.78 is 67.4. The van der Waals surface area contributed by atoms with Crippen molar-refractivity contribution in [1.82, 2.24) is 0 Å². The molecule has 0 spiro atoms. The molecule has 0 saturated heterocycles. The van der Waals surface area contributed by atoms with Crippen molar-refractivity contribution in [2.24, 2.45) is 0 Å². The minimum Gasteiger partial charge on any atom is -0.479 e. The van der Waals surface area contributed by atoms with Gasteiger partial charge in [-0.15, -0.1) is 0 Å². The molecule has 0 radical (unpaired) electrons. The second-order valence-electron chi connectivity index (χ2n) is 8.16. The quantitative estimate of drug-likeness (QED) is 0.284. The van der Waals surface area contributed by atoms with Crippen LogP contribution in [0.5, 0.6) is 5.75 Å². The summed E-state index contributed by atoms with van der Waals surface area (Å²) >= 11 is 0. The first-order valence-corrected chi connectivity index (χ1v) is 10.6. The maximum atomic E-state index is 15.3. The Hall–Kier alpha value is -3.55. The number of ether oxygens (including phenoxy) is 2. The van der Waals surface area contributed by atoms with Crippen LogP contribution in [-0.2, 0) is 9.53 Å². The first kappa shape index (κ1) is 25.1. The molecule has 0 amide bonds. The molecule has 0 aliphatic carbocycles. The van der Waals surface area contributed by atoms with Gasteiger partial charge in [-0.05, 0) is 80.3 Å². The van der Waals surface area contributed by atoms with E-state index >= 15 is 4.39 Å². The topological polar surface area (TPSA) is 38.8 Å². The molecule has 3 aromatic carbocycles. The van der Waals surface area contributed by atoms with Crippen LogP contribution in [0.2, 0.25) is 0 Å². The van der Waals surface area contributed by atoms with Crippen molar-refractivity contribution in [1.29, 1.82) is 0 Å². The zero-order valence-electron chi connectivity index (χ0n) is 19.5. The Morgan fingerprint density at radius 2 is 1.59 bits per heavy atom. The molecular formula is C26H25F4NO3. The van der Waals surface area contributed by atoms with E-state index in [9.17, 15) is 18.0 Å². The second kappa shape index (κ2) is 10.2. The summed E-state index contributed by atoms with van der Waals surface area (Å²) in [7, 11) is 1.48. The summed E-state index contributed by atoms with van der Waals surface area (Å²) in [4.78, 5) is 13.1. The van der Waals surface area contributed by atoms with Crippen molar-refractivity contribution in [2.75, 3.05) is 18.6 Å². The lowest BCUT2D eigenvalue weighted by Gasteiger charge is -2.25. The zero-order chi connectivity index (χ0) is 25.2. The summed E-state index contributed by atoms with van der Waals surface area (Å²) in [6, 6.07) is 9.08. The predicted molar refractivity (Wildman–Crippen MR) is 122 cm³/mol. The number of carbonyl (C=O) groups excluding carboxylic acids is 1. The van der Waals surface area contributed by atoms with Crippen LogP contribution in [0.1, 0.15) is 25.0 Å². The fourth-order valence-electron chi connectivity index (χ4n) is 3.53. The van der Waals surface area contributed by atoms with E-state index < -0.39 is 35.8 Å². The Morgan fingerprint density at radius 1 is 0.912 bits per heavy atom. The van der Waals surface area contributed by atoms with E-state index in [1.807, 2.05) is 6.92 Å². The van der Waals surface area contributed by atoms with Crippen LogP contribution >= 0.6 is 0 Å². The number of benzene rings is 3. The van der Waals surface area contributed by atoms with Gasteiger partial charge in [0, 0.05) is 12.7 Å². The van der Waals surface area contributed by atoms with Crippen LogP contribution in [0.4, 0.5) is 28.9 Å². The van der Waals surface area contributed by atoms with Gasteiger partial charge in [-0.25, -0.2) is 22.4 Å². The molecule has 0 aliphatic rings. The SMILES string of the molecule is Cc1cc(-c2ccc(F)c(F)c2)cc(N(C)c2c(F)ccc(OCC(=O)OC(C)C)c2F)c1C. The highest BCUT2D eigenvalue weighted by Gasteiger charge is 2.22. The van der Waals surface area contributed by atoms with Crippen LogP contribution in [0, 0.1) is 37.1 Å². The number of nitrogens with zero attached hydrogens (tertiary/aromatic N) is 1. The van der Waals surface area contributed by atoms with Gasteiger partial charge in [-0.2, -0.15) is 0 Å². The Labute approximate surface area is 195 Å². The number of esters is 1. The number of halogens is 4. The molecule has 4 nitrogen and oxygen atoms in total. The van der Waals surface area contributed by atoms with E-state index in [2.05, 4.69) is 0 Å². The monoisotopic (exact) mass is 475 g/mol. The van der Waals surface area contributed by atoms with Gasteiger partial charge in [0.1, 0.15) is 11.5 Å². The molecule has 0 unspecified atom stereocenters. The summed E-state index contributed by atoms with van der Waals surface area (Å²) in [5, 5.41) is 0. The van der Waals surface area contributed by atoms with Gasteiger partial charge in [0.15, 0.2) is 29.8 Å². The second-order valence-corrected chi connectivity index (χ2v) is 8.16. The largest absolute Gasteiger partial charge is 0.479 e. The fourth-order valence-corrected chi connectivity index (χ4v) is 3.53. The van der Waals surface area contributed by atoms with Gasteiger partial charge in [0.05, 0.1) is 6.10 Å². The molecule has 0 aromatic heterocycles. The van der Waals surface area contributed by atoms with Gasteiger partial charge in [-0.3, -0.25) is 0 Å². The summed E-state index contributed by atoms with van der Waals surface area (Å²) in [5.41, 5.74) is 2.55. The number of carbonyl (C=O) groups is 1. The van der Waals surface area contributed by atoms with Gasteiger partial charge in [0.25, 0.3) is 0 Å². The molecule has 3 rings (SSSR count). The molecule has 3 aromatic rings. The van der Waals surface area contributed by atoms with Crippen LogP contribution in [0.3, 0.4) is 0 Å². The molecule has 0 atom stereocenters. The fraction of sp³-hybridized carbons (Fsp3) is 0.269. The normalized spacial score (nSPS) is 11.0. The Bertz CT molecular complexity index is 1230. The average molecular weight is 475 g/mol. The Kier molecular flexibility index (Phi) is 7.49. The molecule has 0 fully saturated rings. The van der Waals surface area contributed by atoms with E-state index in [0.29, 0.717) is 16.8 Å². The van der Waals surface area contributed by atoms with Crippen molar-refractivity contribution < 1.29 is 31.8 Å². The number of anilines is 2. The Morgan fingerprint density at radius 3 is 2.24 bits per heavy atom. The van der Waals surface area contributed by atoms with Gasteiger partial charge >= 0.3 is 5.97 Å². The number of rotatable bonds is 7. The summed E-state index contributed by atoms with van der Waals surface area (Å²) in [6.07, 6.45) is -0.357. The van der Waals surface area contributed by atoms with Gasteiger partial charge in [-0.1, -0.05) is 12.1 Å². The number of hydrogen-bond acceptors (Lipinski definition) is 4. The smallest absolute Gasteiger partial charge is 0.344 e. The maximum Gasteiger partial charge on any atom is 0.344 e. The lowest BCUT2D eigenvalue weighted by molar-refractivity contribution is -0.149. The molecule has 180 valence electrons. The first-order valence-electron chi connectivity index (χ1n) is 10.6. The zero-order valence-corrected chi connectivity index (χ0v) is 19.5. The van der Waals surface area contributed by atoms with Crippen molar-refractivity contribution in [3.8, 4) is 16.9 Å². The highest BCUT2D eigenvalue weighted by Crippen LogP contribution is 2.38. The van der Waals surface area contributed by atoms with Crippen LogP contribution in [0.15, 0.2) is 42.5 Å². The lowest BCUT2D eigenvalue weighted by Crippen LogP contribution is -2.20. The molecule has 8 heteroatoms. The summed E-state index contributed by atoms with van der Waals surface area (Å²) in [5.74, 6) is -4.79. The third-order valence-electron chi connectivity index (χ3n) is 5.33. The first-order chi connectivity index (χ1) is 16.0. The minimum atomic E-state index is -0.997. The number of aryl methyl sites for hydroxylation is 1. The molecule has 0 N–H and O–H groups in total. The van der Waals surface area contributed by atoms with E-state index in [4.69, 9.17) is 9.47 Å². The molecule has 0 heterocycles. The van der Waals surface area contributed by atoms with E-state index in [1.54, 1.807) is 32.9 Å². The van der Waals surface area contributed by atoms with Crippen molar-refractivity contribution >= 4 is 17.3 Å². The number of hydrogen-bond donors (Lipinski definition) is 0. The Balaban J connectivity index is 2.00. The molecule has 34 heavy (non-hydrogen) atoms. The lowest BCUT2D eigenvalue weighted by atomic mass is 9.97. The van der Waals surface area contributed by atoms with Crippen molar-refractivity contribution in [2.45, 2.75) is 33.8 Å². The van der Waals surface area contributed by atoms with Crippen molar-refractivity contribution in [3.05, 3.63) is 76.9 Å². The van der Waals surface area contributed by atoms with E-state index in [1.165, 1.54) is 18.0 Å². The van der Waals surface area contributed by atoms with Crippen molar-refractivity contribution in [3.63, 3.8) is 0 Å². The standard InChI is InChI=1S/C26H25F4NO3/c1-14(2)34-24(32)13-33-23-9-8-20(28)26(25(23)30)31(5)22-12-18(10-15(3)16(22)4)17-6-7-19(27)21(29)11-17/h6-12,14H,13H2,1-5H3. The molecular weight excluding hydrogens is 450 g/mol. The van der Waals surface area contributed by atoms with E-state index in [-0.39, 0.29) is 17.5 Å². The summed E-state index contributed by atoms with van der Waals surface area (Å²) in [6.45, 7) is 6.40. The van der Waals surface area contributed by atoms with Gasteiger partial charge in [0.2, 0.25) is 0 Å². The van der Waals surface area contributed by atoms with Crippen LogP contribution in [-0.4, -0.2) is 25.7 Å². The van der Waals surface area contributed by atoms with Crippen LogP contribution < -0.4 is 9.64 Å². The molecule has 0 bridgehead atoms. The third kappa shape index (κ3) is 5.32. The van der Waals surface area contributed by atoms with Gasteiger partial charge < -0.3 is 14.4 Å². The molecule has 0 saturated carbocycles. The van der Waals surface area contributed by atoms with Crippen LogP contribution in [0.25, 0.3) is 11.1 Å². The van der Waals surface area contributed by atoms with E-state index in [0.717, 1.165) is 35.4 Å². The highest BCUT2D eigenvalue weighted by molar-refractivity contribution is 5.77. The maximum absolute atomic E-state index is 15.3. The predicted octanol–water partition coefficient (Wildman–Crippen LogP) is 6.63. The highest BCUT2D eigenvalue weighted by atomic mass is 19.2. The minimum absolute atomic E-state index is 0.310. The third-order valence-corrected chi connectivity index (χ3v) is 5.33.